The number of rotatable bonds is 6. The van der Waals surface area contributed by atoms with Crippen LogP contribution in [-0.4, -0.2) is 43.5 Å². The number of carbonyl (C=O) groups is 3. The van der Waals surface area contributed by atoms with Crippen molar-refractivity contribution in [2.45, 2.75) is 31.2 Å². The average molecular weight is 351 g/mol. The van der Waals surface area contributed by atoms with Gasteiger partial charge in [0, 0.05) is 12.5 Å². The molecule has 24 heavy (non-hydrogen) atoms. The minimum Gasteiger partial charge on any atom is -0.463 e. The third kappa shape index (κ3) is 3.23. The Balaban J connectivity index is 2.45. The molecule has 1 aliphatic heterocycles. The van der Waals surface area contributed by atoms with Gasteiger partial charge in [-0.05, 0) is 26.0 Å². The van der Waals surface area contributed by atoms with Gasteiger partial charge in [0.25, 0.3) is 15.9 Å². The van der Waals surface area contributed by atoms with Crippen molar-refractivity contribution in [3.8, 4) is 0 Å². The summed E-state index contributed by atoms with van der Waals surface area (Å²) in [6.45, 7) is 3.46. The molecule has 1 heterocycles. The van der Waals surface area contributed by atoms with E-state index in [1.165, 1.54) is 12.1 Å². The number of carbonyl (C=O) groups excluding carboxylic acids is 3. The van der Waals surface area contributed by atoms with E-state index in [4.69, 9.17) is 4.74 Å². The number of hydrogen-bond donors (Lipinski definition) is 0. The smallest absolute Gasteiger partial charge is 0.336 e. The van der Waals surface area contributed by atoms with Gasteiger partial charge in [0.2, 0.25) is 0 Å². The molecular weight excluding hydrogens is 334 g/mol. The molecule has 8 heteroatoms. The fourth-order valence-electron chi connectivity index (χ4n) is 2.41. The highest BCUT2D eigenvalue weighted by molar-refractivity contribution is 7.89. The summed E-state index contributed by atoms with van der Waals surface area (Å²) < 4.78 is 30.9. The van der Waals surface area contributed by atoms with Gasteiger partial charge in [0.1, 0.15) is 6.29 Å². The molecule has 2 rings (SSSR count). The summed E-state index contributed by atoms with van der Waals surface area (Å²) >= 11 is 0. The van der Waals surface area contributed by atoms with Crippen LogP contribution in [0.25, 0.3) is 0 Å². The Morgan fingerprint density at radius 2 is 1.92 bits per heavy atom. The molecule has 0 spiro atoms. The summed E-state index contributed by atoms with van der Waals surface area (Å²) in [6, 6.07) is 4.75. The lowest BCUT2D eigenvalue weighted by molar-refractivity contribution is -0.138. The van der Waals surface area contributed by atoms with Crippen LogP contribution in [0, 0.1) is 6.92 Å². The number of aldehydes is 1. The van der Waals surface area contributed by atoms with Gasteiger partial charge >= 0.3 is 5.97 Å². The van der Waals surface area contributed by atoms with Crippen LogP contribution >= 0.6 is 0 Å². The number of nitrogens with zero attached hydrogens (tertiary/aromatic N) is 1. The molecule has 0 aromatic heterocycles. The average Bonchev–Trinajstić information content (AvgIpc) is 2.85. The zero-order chi connectivity index (χ0) is 17.9. The van der Waals surface area contributed by atoms with Crippen molar-refractivity contribution in [2.24, 2.45) is 0 Å². The Kier molecular flexibility index (Phi) is 5.18. The number of benzene rings is 1. The third-order valence-corrected chi connectivity index (χ3v) is 5.37. The lowest BCUT2D eigenvalue weighted by Gasteiger charge is -2.24. The van der Waals surface area contributed by atoms with Crippen LogP contribution in [0.15, 0.2) is 40.8 Å². The van der Waals surface area contributed by atoms with E-state index in [1.54, 1.807) is 26.0 Å². The van der Waals surface area contributed by atoms with Gasteiger partial charge in [-0.2, -0.15) is 0 Å². The van der Waals surface area contributed by atoms with Crippen LogP contribution in [0.4, 0.5) is 0 Å². The predicted molar refractivity (Wildman–Crippen MR) is 84.4 cm³/mol. The van der Waals surface area contributed by atoms with Gasteiger partial charge in [0.05, 0.1) is 23.1 Å². The van der Waals surface area contributed by atoms with E-state index in [1.807, 2.05) is 0 Å². The topological polar surface area (TPSA) is 97.8 Å². The second-order valence-corrected chi connectivity index (χ2v) is 7.01. The highest BCUT2D eigenvalue weighted by Crippen LogP contribution is 2.29. The standard InChI is InChI=1S/C16H17NO6S/c1-3-23-16(20)13-10-15(19)17(14(13)8-9-18)24(21,22)12-6-4-11(2)5-7-12/h4-7,9-10,14H,3,8H2,1-2H3. The summed E-state index contributed by atoms with van der Waals surface area (Å²) in [5.41, 5.74) is 0.723. The number of hydrogen-bond acceptors (Lipinski definition) is 6. The van der Waals surface area contributed by atoms with Crippen molar-refractivity contribution >= 4 is 28.2 Å². The van der Waals surface area contributed by atoms with Gasteiger partial charge in [-0.25, -0.2) is 17.5 Å². The molecule has 0 radical (unpaired) electrons. The number of sulfonamides is 1. The molecule has 1 aromatic carbocycles. The van der Waals surface area contributed by atoms with Crippen molar-refractivity contribution in [3.63, 3.8) is 0 Å². The second kappa shape index (κ2) is 6.96. The Labute approximate surface area is 140 Å². The maximum absolute atomic E-state index is 12.8. The number of aryl methyl sites for hydroxylation is 1. The number of ether oxygens (including phenoxy) is 1. The molecule has 1 amide bonds. The number of esters is 1. The van der Waals surface area contributed by atoms with E-state index in [0.29, 0.717) is 10.6 Å². The van der Waals surface area contributed by atoms with Crippen molar-refractivity contribution in [1.82, 2.24) is 4.31 Å². The van der Waals surface area contributed by atoms with Crippen LogP contribution in [0.1, 0.15) is 18.9 Å². The van der Waals surface area contributed by atoms with Crippen LogP contribution < -0.4 is 0 Å². The van der Waals surface area contributed by atoms with E-state index in [2.05, 4.69) is 0 Å². The molecule has 0 bridgehead atoms. The van der Waals surface area contributed by atoms with Crippen molar-refractivity contribution in [2.75, 3.05) is 6.61 Å². The quantitative estimate of drug-likeness (QED) is 0.560. The van der Waals surface area contributed by atoms with E-state index < -0.39 is 27.9 Å². The molecule has 1 unspecified atom stereocenters. The maximum Gasteiger partial charge on any atom is 0.336 e. The Bertz CT molecular complexity index is 794. The number of amides is 1. The first-order valence-corrected chi connectivity index (χ1v) is 8.74. The summed E-state index contributed by atoms with van der Waals surface area (Å²) in [4.78, 5) is 35.0. The first-order chi connectivity index (χ1) is 11.3. The lowest BCUT2D eigenvalue weighted by atomic mass is 10.1. The van der Waals surface area contributed by atoms with Crippen molar-refractivity contribution in [1.29, 1.82) is 0 Å². The van der Waals surface area contributed by atoms with Crippen LogP contribution in [0.3, 0.4) is 0 Å². The summed E-state index contributed by atoms with van der Waals surface area (Å²) in [5.74, 6) is -1.68. The molecular formula is C16H17NO6S. The van der Waals surface area contributed by atoms with Crippen molar-refractivity contribution < 1.29 is 27.5 Å². The van der Waals surface area contributed by atoms with Crippen LogP contribution in [0.2, 0.25) is 0 Å². The summed E-state index contributed by atoms with van der Waals surface area (Å²) in [6.07, 6.45) is 1.06. The Morgan fingerprint density at radius 1 is 1.29 bits per heavy atom. The summed E-state index contributed by atoms with van der Waals surface area (Å²) in [5, 5.41) is 0. The van der Waals surface area contributed by atoms with E-state index in [9.17, 15) is 22.8 Å². The molecule has 0 N–H and O–H groups in total. The fraction of sp³-hybridized carbons (Fsp3) is 0.312. The molecule has 1 atom stereocenters. The molecule has 0 saturated carbocycles. The molecule has 0 saturated heterocycles. The second-order valence-electron chi connectivity index (χ2n) is 5.19. The molecule has 7 nitrogen and oxygen atoms in total. The maximum atomic E-state index is 12.8. The molecule has 128 valence electrons. The normalized spacial score (nSPS) is 17.6. The van der Waals surface area contributed by atoms with E-state index in [-0.39, 0.29) is 23.5 Å². The zero-order valence-corrected chi connectivity index (χ0v) is 14.1. The molecule has 1 aromatic rings. The van der Waals surface area contributed by atoms with Gasteiger partial charge in [0.15, 0.2) is 0 Å². The Hall–Kier alpha value is -2.48. The molecule has 0 aliphatic carbocycles. The van der Waals surface area contributed by atoms with Crippen LogP contribution in [0.5, 0.6) is 0 Å². The zero-order valence-electron chi connectivity index (χ0n) is 13.3. The first-order valence-electron chi connectivity index (χ1n) is 7.30. The molecule has 1 aliphatic rings. The largest absolute Gasteiger partial charge is 0.463 e. The minimum absolute atomic E-state index is 0.0723. The van der Waals surface area contributed by atoms with Crippen molar-refractivity contribution in [3.05, 3.63) is 41.5 Å². The monoisotopic (exact) mass is 351 g/mol. The fourth-order valence-corrected chi connectivity index (χ4v) is 3.94. The lowest BCUT2D eigenvalue weighted by Crippen LogP contribution is -2.41. The van der Waals surface area contributed by atoms with E-state index >= 15 is 0 Å². The highest BCUT2D eigenvalue weighted by Gasteiger charge is 2.44. The Morgan fingerprint density at radius 3 is 2.46 bits per heavy atom. The van der Waals surface area contributed by atoms with Gasteiger partial charge in [-0.1, -0.05) is 17.7 Å². The van der Waals surface area contributed by atoms with Gasteiger partial charge < -0.3 is 9.53 Å². The minimum atomic E-state index is -4.19. The first kappa shape index (κ1) is 17.9. The predicted octanol–water partition coefficient (Wildman–Crippen LogP) is 0.973. The van der Waals surface area contributed by atoms with E-state index in [0.717, 1.165) is 11.6 Å². The highest BCUT2D eigenvalue weighted by atomic mass is 32.2. The van der Waals surface area contributed by atoms with Crippen LogP contribution in [-0.2, 0) is 29.1 Å². The molecule has 0 fully saturated rings. The van der Waals surface area contributed by atoms with Gasteiger partial charge in [-0.3, -0.25) is 4.79 Å². The summed E-state index contributed by atoms with van der Waals surface area (Å²) in [7, 11) is -4.19. The van der Waals surface area contributed by atoms with Gasteiger partial charge in [-0.15, -0.1) is 0 Å². The SMILES string of the molecule is CCOC(=O)C1=CC(=O)N(S(=O)(=O)c2ccc(C)cc2)C1CC=O. The third-order valence-electron chi connectivity index (χ3n) is 3.55.